The highest BCUT2D eigenvalue weighted by Gasteiger charge is 2.12. The van der Waals surface area contributed by atoms with Gasteiger partial charge in [0.2, 0.25) is 0 Å². The van der Waals surface area contributed by atoms with Gasteiger partial charge in [0.25, 0.3) is 5.78 Å². The number of benzene rings is 1. The van der Waals surface area contributed by atoms with Gasteiger partial charge in [0.15, 0.2) is 0 Å². The number of rotatable bonds is 3. The van der Waals surface area contributed by atoms with E-state index in [4.69, 9.17) is 4.74 Å². The lowest BCUT2D eigenvalue weighted by Crippen LogP contribution is -2.10. The Morgan fingerprint density at radius 1 is 1.21 bits per heavy atom. The van der Waals surface area contributed by atoms with E-state index >= 15 is 0 Å². The molecule has 0 spiro atoms. The topological polar surface area (TPSA) is 52.3 Å². The number of ether oxygens (including phenoxy) is 1. The van der Waals surface area contributed by atoms with Crippen molar-refractivity contribution in [2.75, 3.05) is 0 Å². The Balaban J connectivity index is 1.91. The van der Waals surface area contributed by atoms with Crippen LogP contribution in [-0.4, -0.2) is 19.6 Å². The quantitative estimate of drug-likeness (QED) is 0.720. The zero-order valence-corrected chi connectivity index (χ0v) is 10.8. The molecule has 0 radical (unpaired) electrons. The molecule has 3 aromatic rings. The van der Waals surface area contributed by atoms with Crippen molar-refractivity contribution in [3.8, 4) is 5.75 Å². The monoisotopic (exact) mass is 254 g/mol. The van der Waals surface area contributed by atoms with Crippen molar-refractivity contribution < 1.29 is 4.74 Å². The largest absolute Gasteiger partial charge is 0.484 e. The first-order valence-electron chi connectivity index (χ1n) is 6.12. The highest BCUT2D eigenvalue weighted by molar-refractivity contribution is 5.30. The maximum Gasteiger partial charge on any atom is 0.252 e. The molecule has 0 bridgehead atoms. The van der Waals surface area contributed by atoms with Crippen molar-refractivity contribution >= 4 is 5.78 Å². The Kier molecular flexibility index (Phi) is 2.87. The SMILES string of the molecule is Cc1cccc(O[C@H](C)c2ccnc3ncnn23)c1. The van der Waals surface area contributed by atoms with Gasteiger partial charge in [0.1, 0.15) is 18.2 Å². The normalized spacial score (nSPS) is 12.5. The maximum atomic E-state index is 5.94. The summed E-state index contributed by atoms with van der Waals surface area (Å²) in [6, 6.07) is 9.87. The Hall–Kier alpha value is -2.43. The summed E-state index contributed by atoms with van der Waals surface area (Å²) in [4.78, 5) is 8.21. The third kappa shape index (κ3) is 2.27. The number of aromatic nitrogens is 4. The summed E-state index contributed by atoms with van der Waals surface area (Å²) < 4.78 is 7.64. The predicted molar refractivity (Wildman–Crippen MR) is 71.0 cm³/mol. The summed E-state index contributed by atoms with van der Waals surface area (Å²) in [5.74, 6) is 1.43. The van der Waals surface area contributed by atoms with Crippen LogP contribution in [0.1, 0.15) is 24.3 Å². The van der Waals surface area contributed by atoms with Crippen molar-refractivity contribution in [1.82, 2.24) is 19.6 Å². The minimum absolute atomic E-state index is 0.131. The lowest BCUT2D eigenvalue weighted by molar-refractivity contribution is 0.218. The molecule has 96 valence electrons. The standard InChI is InChI=1S/C14H14N4O/c1-10-4-3-5-12(8-10)19-11(2)13-6-7-15-14-16-9-17-18(13)14/h3-9,11H,1-2H3/t11-/m1/s1. The molecule has 0 N–H and O–H groups in total. The molecule has 19 heavy (non-hydrogen) atoms. The molecule has 3 rings (SSSR count). The number of fused-ring (bicyclic) bond motifs is 1. The molecular weight excluding hydrogens is 240 g/mol. The zero-order chi connectivity index (χ0) is 13.2. The smallest absolute Gasteiger partial charge is 0.252 e. The number of hydrogen-bond acceptors (Lipinski definition) is 4. The number of hydrogen-bond donors (Lipinski definition) is 0. The van der Waals surface area contributed by atoms with E-state index < -0.39 is 0 Å². The third-order valence-corrected chi connectivity index (χ3v) is 2.93. The fourth-order valence-electron chi connectivity index (χ4n) is 2.02. The molecule has 1 aromatic carbocycles. The van der Waals surface area contributed by atoms with E-state index in [0.717, 1.165) is 11.4 Å². The first kappa shape index (κ1) is 11.6. The van der Waals surface area contributed by atoms with Crippen molar-refractivity contribution in [3.05, 3.63) is 54.1 Å². The Bertz CT molecular complexity index is 707. The molecule has 0 saturated heterocycles. The van der Waals surface area contributed by atoms with Crippen LogP contribution in [0.15, 0.2) is 42.9 Å². The van der Waals surface area contributed by atoms with Gasteiger partial charge in [-0.1, -0.05) is 12.1 Å². The van der Waals surface area contributed by atoms with E-state index in [2.05, 4.69) is 15.1 Å². The van der Waals surface area contributed by atoms with Crippen molar-refractivity contribution in [3.63, 3.8) is 0 Å². The van der Waals surface area contributed by atoms with Crippen molar-refractivity contribution in [2.45, 2.75) is 20.0 Å². The fourth-order valence-corrected chi connectivity index (χ4v) is 2.02. The van der Waals surface area contributed by atoms with Crippen molar-refractivity contribution in [2.24, 2.45) is 0 Å². The first-order valence-corrected chi connectivity index (χ1v) is 6.12. The molecular formula is C14H14N4O. The van der Waals surface area contributed by atoms with Crippen molar-refractivity contribution in [1.29, 1.82) is 0 Å². The van der Waals surface area contributed by atoms with Crippen LogP contribution in [-0.2, 0) is 0 Å². The molecule has 2 heterocycles. The molecule has 1 atom stereocenters. The molecule has 0 aliphatic rings. The lowest BCUT2D eigenvalue weighted by atomic mass is 10.2. The maximum absolute atomic E-state index is 5.94. The first-order chi connectivity index (χ1) is 9.24. The molecule has 0 fully saturated rings. The van der Waals surface area contributed by atoms with Crippen LogP contribution in [0, 0.1) is 6.92 Å². The summed E-state index contributed by atoms with van der Waals surface area (Å²) >= 11 is 0. The highest BCUT2D eigenvalue weighted by Crippen LogP contribution is 2.21. The number of nitrogens with zero attached hydrogens (tertiary/aromatic N) is 4. The lowest BCUT2D eigenvalue weighted by Gasteiger charge is -2.15. The number of aryl methyl sites for hydroxylation is 1. The highest BCUT2D eigenvalue weighted by atomic mass is 16.5. The van der Waals surface area contributed by atoms with Gasteiger partial charge in [0, 0.05) is 6.20 Å². The fraction of sp³-hybridized carbons (Fsp3) is 0.214. The summed E-state index contributed by atoms with van der Waals surface area (Å²) in [7, 11) is 0. The average Bonchev–Trinajstić information content (AvgIpc) is 2.86. The Morgan fingerprint density at radius 2 is 2.11 bits per heavy atom. The van der Waals surface area contributed by atoms with E-state index in [0.29, 0.717) is 5.78 Å². The molecule has 2 aromatic heterocycles. The van der Waals surface area contributed by atoms with Gasteiger partial charge in [-0.2, -0.15) is 14.6 Å². The second-order valence-electron chi connectivity index (χ2n) is 4.42. The molecule has 0 saturated carbocycles. The van der Waals surface area contributed by atoms with Crippen LogP contribution in [0.25, 0.3) is 5.78 Å². The minimum Gasteiger partial charge on any atom is -0.484 e. The van der Waals surface area contributed by atoms with E-state index in [1.54, 1.807) is 10.7 Å². The molecule has 0 amide bonds. The molecule has 0 aliphatic heterocycles. The Morgan fingerprint density at radius 3 is 2.95 bits per heavy atom. The van der Waals surface area contributed by atoms with Crippen LogP contribution in [0.3, 0.4) is 0 Å². The van der Waals surface area contributed by atoms with Crippen LogP contribution in [0.2, 0.25) is 0 Å². The van der Waals surface area contributed by atoms with Gasteiger partial charge >= 0.3 is 0 Å². The molecule has 0 unspecified atom stereocenters. The van der Waals surface area contributed by atoms with E-state index in [1.807, 2.05) is 44.2 Å². The summed E-state index contributed by atoms with van der Waals surface area (Å²) in [6.07, 6.45) is 3.08. The molecule has 5 nitrogen and oxygen atoms in total. The van der Waals surface area contributed by atoms with E-state index in [9.17, 15) is 0 Å². The average molecular weight is 254 g/mol. The molecule has 5 heteroatoms. The van der Waals surface area contributed by atoms with Crippen LogP contribution in [0.4, 0.5) is 0 Å². The van der Waals surface area contributed by atoms with Gasteiger partial charge in [-0.3, -0.25) is 0 Å². The van der Waals surface area contributed by atoms with Crippen LogP contribution in [0.5, 0.6) is 5.75 Å². The summed E-state index contributed by atoms with van der Waals surface area (Å²) in [5, 5.41) is 4.16. The predicted octanol–water partition coefficient (Wildman–Crippen LogP) is 2.57. The van der Waals surface area contributed by atoms with Gasteiger partial charge in [-0.05, 0) is 37.6 Å². The van der Waals surface area contributed by atoms with Gasteiger partial charge in [-0.15, -0.1) is 0 Å². The summed E-state index contributed by atoms with van der Waals surface area (Å²) in [6.45, 7) is 4.03. The second kappa shape index (κ2) is 4.68. The minimum atomic E-state index is -0.131. The van der Waals surface area contributed by atoms with Gasteiger partial charge in [-0.25, -0.2) is 4.98 Å². The van der Waals surface area contributed by atoms with Crippen LogP contribution >= 0.6 is 0 Å². The Labute approximate surface area is 110 Å². The summed E-state index contributed by atoms with van der Waals surface area (Å²) in [5.41, 5.74) is 2.09. The zero-order valence-electron chi connectivity index (χ0n) is 10.8. The van der Waals surface area contributed by atoms with Gasteiger partial charge in [0.05, 0.1) is 5.69 Å². The third-order valence-electron chi connectivity index (χ3n) is 2.93. The van der Waals surface area contributed by atoms with E-state index in [-0.39, 0.29) is 6.10 Å². The van der Waals surface area contributed by atoms with E-state index in [1.165, 1.54) is 11.9 Å². The van der Waals surface area contributed by atoms with Gasteiger partial charge < -0.3 is 4.74 Å². The van der Waals surface area contributed by atoms with Crippen LogP contribution < -0.4 is 4.74 Å². The second-order valence-corrected chi connectivity index (χ2v) is 4.42. The molecule has 0 aliphatic carbocycles.